The molecule has 0 aliphatic rings. The van der Waals surface area contributed by atoms with E-state index in [0.717, 1.165) is 19.4 Å². The van der Waals surface area contributed by atoms with Gasteiger partial charge in [0.25, 0.3) is 5.91 Å². The van der Waals surface area contributed by atoms with Crippen LogP contribution in [0, 0.1) is 11.3 Å². The number of hydrogen-bond acceptors (Lipinski definition) is 5. The fourth-order valence-electron chi connectivity index (χ4n) is 1.88. The number of ether oxygens (including phenoxy) is 2. The summed E-state index contributed by atoms with van der Waals surface area (Å²) in [6.07, 6.45) is 4.24. The smallest absolute Gasteiger partial charge is 0.263 e. The summed E-state index contributed by atoms with van der Waals surface area (Å²) in [6, 6.07) is 9.16. The van der Waals surface area contributed by atoms with Crippen molar-refractivity contribution in [3.63, 3.8) is 0 Å². The Kier molecular flexibility index (Phi) is 9.74. The molecular weight excluding hydrogens is 306 g/mol. The van der Waals surface area contributed by atoms with Gasteiger partial charge in [-0.2, -0.15) is 5.26 Å². The van der Waals surface area contributed by atoms with Crippen LogP contribution in [-0.2, 0) is 9.53 Å². The van der Waals surface area contributed by atoms with Crippen molar-refractivity contribution < 1.29 is 14.3 Å². The Morgan fingerprint density at radius 1 is 1.29 bits per heavy atom. The van der Waals surface area contributed by atoms with E-state index in [1.165, 1.54) is 6.20 Å². The van der Waals surface area contributed by atoms with E-state index in [0.29, 0.717) is 31.0 Å². The van der Waals surface area contributed by atoms with E-state index < -0.39 is 5.91 Å². The predicted octanol–water partition coefficient (Wildman–Crippen LogP) is 2.84. The molecule has 6 heteroatoms. The number of unbranched alkanes of at least 4 members (excludes halogenated alkanes) is 1. The second kappa shape index (κ2) is 12.0. The molecule has 0 unspecified atom stereocenters. The number of rotatable bonds is 11. The third kappa shape index (κ3) is 7.16. The Labute approximate surface area is 143 Å². The van der Waals surface area contributed by atoms with E-state index in [4.69, 9.17) is 14.7 Å². The van der Waals surface area contributed by atoms with E-state index in [-0.39, 0.29) is 5.57 Å². The number of nitrogens with one attached hydrogen (secondary N) is 2. The highest BCUT2D eigenvalue weighted by Gasteiger charge is 2.08. The molecule has 1 amide bonds. The molecule has 0 aromatic heterocycles. The monoisotopic (exact) mass is 331 g/mol. The van der Waals surface area contributed by atoms with Crippen LogP contribution >= 0.6 is 0 Å². The van der Waals surface area contributed by atoms with Crippen LogP contribution in [0.4, 0.5) is 5.69 Å². The summed E-state index contributed by atoms with van der Waals surface area (Å²) in [5.41, 5.74) is 0.692. The van der Waals surface area contributed by atoms with Crippen LogP contribution < -0.4 is 15.4 Å². The largest absolute Gasteiger partial charge is 0.495 e. The van der Waals surface area contributed by atoms with Gasteiger partial charge in [0.2, 0.25) is 0 Å². The van der Waals surface area contributed by atoms with Crippen molar-refractivity contribution in [3.8, 4) is 11.8 Å². The Morgan fingerprint density at radius 3 is 2.75 bits per heavy atom. The molecule has 0 atom stereocenters. The lowest BCUT2D eigenvalue weighted by molar-refractivity contribution is -0.117. The second-order valence-corrected chi connectivity index (χ2v) is 5.09. The first kappa shape index (κ1) is 19.5. The molecule has 0 aliphatic heterocycles. The number of anilines is 1. The van der Waals surface area contributed by atoms with E-state index in [9.17, 15) is 4.79 Å². The Morgan fingerprint density at radius 2 is 2.04 bits per heavy atom. The summed E-state index contributed by atoms with van der Waals surface area (Å²) in [5.74, 6) is 0.226. The van der Waals surface area contributed by atoms with Crippen molar-refractivity contribution in [2.75, 3.05) is 32.2 Å². The standard InChI is InChI=1S/C18H25N3O3/c1-3-4-11-24-12-7-10-20-18(22)15(13-19)14-21-16-8-5-6-9-17(16)23-2/h5-6,8-9,14,21H,3-4,7,10-12H2,1-2H3,(H,20,22)/b15-14-. The Balaban J connectivity index is 2.42. The van der Waals surface area contributed by atoms with E-state index in [1.807, 2.05) is 18.2 Å². The minimum absolute atomic E-state index is 0.00723. The molecule has 0 saturated carbocycles. The zero-order chi connectivity index (χ0) is 17.6. The van der Waals surface area contributed by atoms with Gasteiger partial charge in [0.05, 0.1) is 12.8 Å². The number of methoxy groups -OCH3 is 1. The van der Waals surface area contributed by atoms with Gasteiger partial charge in [-0.05, 0) is 25.0 Å². The van der Waals surface area contributed by atoms with Gasteiger partial charge in [-0.15, -0.1) is 0 Å². The molecule has 0 radical (unpaired) electrons. The summed E-state index contributed by atoms with van der Waals surface area (Å²) in [5, 5.41) is 14.8. The molecule has 6 nitrogen and oxygen atoms in total. The topological polar surface area (TPSA) is 83.4 Å². The average Bonchev–Trinajstić information content (AvgIpc) is 2.61. The maximum absolute atomic E-state index is 12.0. The molecule has 0 fully saturated rings. The maximum atomic E-state index is 12.0. The predicted molar refractivity (Wildman–Crippen MR) is 93.7 cm³/mol. The minimum Gasteiger partial charge on any atom is -0.495 e. The molecule has 0 saturated heterocycles. The first-order chi connectivity index (χ1) is 11.7. The molecule has 24 heavy (non-hydrogen) atoms. The fraction of sp³-hybridized carbons (Fsp3) is 0.444. The average molecular weight is 331 g/mol. The van der Waals surface area contributed by atoms with Crippen LogP contribution in [-0.4, -0.2) is 32.8 Å². The number of nitrogens with zero attached hydrogens (tertiary/aromatic N) is 1. The van der Waals surface area contributed by atoms with Gasteiger partial charge < -0.3 is 20.1 Å². The number of hydrogen-bond donors (Lipinski definition) is 2. The molecule has 130 valence electrons. The Hall–Kier alpha value is -2.52. The summed E-state index contributed by atoms with van der Waals surface area (Å²) >= 11 is 0. The maximum Gasteiger partial charge on any atom is 0.263 e. The van der Waals surface area contributed by atoms with Gasteiger partial charge in [-0.1, -0.05) is 25.5 Å². The first-order valence-electron chi connectivity index (χ1n) is 8.08. The van der Waals surface area contributed by atoms with Gasteiger partial charge in [-0.3, -0.25) is 4.79 Å². The molecule has 1 aromatic rings. The highest BCUT2D eigenvalue weighted by atomic mass is 16.5. The van der Waals surface area contributed by atoms with Crippen LogP contribution in [0.2, 0.25) is 0 Å². The van der Waals surface area contributed by atoms with Gasteiger partial charge in [-0.25, -0.2) is 0 Å². The molecule has 0 bridgehead atoms. The summed E-state index contributed by atoms with van der Waals surface area (Å²) in [6.45, 7) is 3.93. The van der Waals surface area contributed by atoms with Crippen molar-refractivity contribution in [3.05, 3.63) is 36.0 Å². The lowest BCUT2D eigenvalue weighted by atomic mass is 10.2. The fourth-order valence-corrected chi connectivity index (χ4v) is 1.88. The quantitative estimate of drug-likeness (QED) is 0.370. The molecule has 1 rings (SSSR count). The van der Waals surface area contributed by atoms with Crippen molar-refractivity contribution >= 4 is 11.6 Å². The van der Waals surface area contributed by atoms with Gasteiger partial charge in [0, 0.05) is 26.0 Å². The zero-order valence-electron chi connectivity index (χ0n) is 14.3. The molecular formula is C18H25N3O3. The van der Waals surface area contributed by atoms with Gasteiger partial charge >= 0.3 is 0 Å². The summed E-state index contributed by atoms with van der Waals surface area (Å²) < 4.78 is 10.6. The summed E-state index contributed by atoms with van der Waals surface area (Å²) in [7, 11) is 1.56. The van der Waals surface area contributed by atoms with Crippen LogP contribution in [0.3, 0.4) is 0 Å². The lowest BCUT2D eigenvalue weighted by Gasteiger charge is -2.08. The van der Waals surface area contributed by atoms with Crippen molar-refractivity contribution in [2.24, 2.45) is 0 Å². The van der Waals surface area contributed by atoms with Crippen molar-refractivity contribution in [2.45, 2.75) is 26.2 Å². The van der Waals surface area contributed by atoms with Crippen molar-refractivity contribution in [1.29, 1.82) is 5.26 Å². The number of amides is 1. The van der Waals surface area contributed by atoms with Crippen LogP contribution in [0.1, 0.15) is 26.2 Å². The number of carbonyl (C=O) groups excluding carboxylic acids is 1. The SMILES string of the molecule is CCCCOCCCNC(=O)/C(C#N)=C\Nc1ccccc1OC. The van der Waals surface area contributed by atoms with Gasteiger partial charge in [0.15, 0.2) is 0 Å². The van der Waals surface area contributed by atoms with E-state index >= 15 is 0 Å². The highest BCUT2D eigenvalue weighted by Crippen LogP contribution is 2.23. The number of carbonyl (C=O) groups is 1. The molecule has 0 spiro atoms. The molecule has 0 heterocycles. The van der Waals surface area contributed by atoms with Gasteiger partial charge in [0.1, 0.15) is 17.4 Å². The van der Waals surface area contributed by atoms with Crippen molar-refractivity contribution in [1.82, 2.24) is 5.32 Å². The lowest BCUT2D eigenvalue weighted by Crippen LogP contribution is -2.26. The van der Waals surface area contributed by atoms with Crippen LogP contribution in [0.15, 0.2) is 36.0 Å². The Bertz CT molecular complexity index is 579. The molecule has 2 N–H and O–H groups in total. The van der Waals surface area contributed by atoms with E-state index in [1.54, 1.807) is 19.2 Å². The second-order valence-electron chi connectivity index (χ2n) is 5.09. The molecule has 1 aromatic carbocycles. The third-order valence-electron chi connectivity index (χ3n) is 3.24. The van der Waals surface area contributed by atoms with Crippen LogP contribution in [0.5, 0.6) is 5.75 Å². The van der Waals surface area contributed by atoms with E-state index in [2.05, 4.69) is 17.6 Å². The number of para-hydroxylation sites is 2. The zero-order valence-corrected chi connectivity index (χ0v) is 14.3. The normalized spacial score (nSPS) is 10.8. The number of benzene rings is 1. The summed E-state index contributed by atoms with van der Waals surface area (Å²) in [4.78, 5) is 12.0. The highest BCUT2D eigenvalue weighted by molar-refractivity contribution is 5.97. The third-order valence-corrected chi connectivity index (χ3v) is 3.24. The van der Waals surface area contributed by atoms with Crippen LogP contribution in [0.25, 0.3) is 0 Å². The number of nitriles is 1. The first-order valence-corrected chi connectivity index (χ1v) is 8.08. The molecule has 0 aliphatic carbocycles. The minimum atomic E-state index is -0.409.